The topological polar surface area (TPSA) is 183 Å². The highest BCUT2D eigenvalue weighted by atomic mass is 16.6. The quantitative estimate of drug-likeness (QED) is 0.285. The number of hydrogen-bond acceptors (Lipinski definition) is 14. The number of methoxy groups -OCH3 is 4. The Morgan fingerprint density at radius 2 is 1.02 bits per heavy atom. The molecule has 244 valence electrons. The van der Waals surface area contributed by atoms with Crippen molar-refractivity contribution in [1.82, 2.24) is 0 Å². The lowest BCUT2D eigenvalue weighted by Gasteiger charge is -2.29. The van der Waals surface area contributed by atoms with E-state index < -0.39 is 70.8 Å². The van der Waals surface area contributed by atoms with Gasteiger partial charge in [0.1, 0.15) is 26.4 Å². The van der Waals surface area contributed by atoms with Crippen LogP contribution in [0.3, 0.4) is 0 Å². The molecule has 2 atom stereocenters. The largest absolute Gasteiger partial charge is 0.504 e. The second-order valence-electron chi connectivity index (χ2n) is 10.3. The van der Waals surface area contributed by atoms with Gasteiger partial charge in [0, 0.05) is 11.8 Å². The second kappa shape index (κ2) is 13.3. The van der Waals surface area contributed by atoms with Gasteiger partial charge in [-0.15, -0.1) is 0 Å². The van der Waals surface area contributed by atoms with Crippen LogP contribution in [0.5, 0.6) is 34.5 Å². The Morgan fingerprint density at radius 1 is 0.652 bits per heavy atom. The molecular weight excluding hydrogens is 608 g/mol. The molecule has 0 spiro atoms. The molecule has 0 aromatic heterocycles. The van der Waals surface area contributed by atoms with Crippen molar-refractivity contribution in [2.45, 2.75) is 24.7 Å². The molecule has 0 saturated carbocycles. The van der Waals surface area contributed by atoms with Gasteiger partial charge in [-0.2, -0.15) is 0 Å². The van der Waals surface area contributed by atoms with Crippen LogP contribution >= 0.6 is 0 Å². The summed E-state index contributed by atoms with van der Waals surface area (Å²) in [5.41, 5.74) is -0.667. The van der Waals surface area contributed by atoms with Gasteiger partial charge in [-0.05, 0) is 35.4 Å². The summed E-state index contributed by atoms with van der Waals surface area (Å²) >= 11 is 0. The van der Waals surface area contributed by atoms with Crippen molar-refractivity contribution in [3.63, 3.8) is 0 Å². The van der Waals surface area contributed by atoms with E-state index in [1.807, 2.05) is 0 Å². The highest BCUT2D eigenvalue weighted by Gasteiger charge is 2.44. The standard InChI is InChI=1S/C32H32O14/c1-39-19-9-15(11-21-31(19)45-7-5-43-21)17(13-23(33)41-3)25-27(35)29(37)26(30(38)28(25)36)18(14-24(34)42-4)16-10-20(40-2)32-22(12-16)44-6-8-46-32/h9-12,17-18,35,38H,5-8,13-14H2,1-4H3/t17-,18+. The molecule has 0 amide bonds. The molecule has 1 aliphatic carbocycles. The van der Waals surface area contributed by atoms with E-state index in [0.717, 1.165) is 14.2 Å². The number of hydrogen-bond donors (Lipinski definition) is 2. The lowest BCUT2D eigenvalue weighted by molar-refractivity contribution is -0.142. The first-order valence-electron chi connectivity index (χ1n) is 14.2. The molecule has 2 aliphatic heterocycles. The van der Waals surface area contributed by atoms with E-state index in [1.54, 1.807) is 0 Å². The van der Waals surface area contributed by atoms with Crippen LogP contribution in [-0.2, 0) is 28.7 Å². The Morgan fingerprint density at radius 3 is 1.37 bits per heavy atom. The number of allylic oxidation sites excluding steroid dienone is 2. The number of carbonyl (C=O) groups is 4. The summed E-state index contributed by atoms with van der Waals surface area (Å²) in [6.07, 6.45) is -1.02. The van der Waals surface area contributed by atoms with Crippen LogP contribution in [0.2, 0.25) is 0 Å². The number of ether oxygens (including phenoxy) is 8. The molecule has 14 heteroatoms. The predicted molar refractivity (Wildman–Crippen MR) is 156 cm³/mol. The Labute approximate surface area is 263 Å². The fourth-order valence-corrected chi connectivity index (χ4v) is 5.62. The Hall–Kier alpha value is -5.40. The van der Waals surface area contributed by atoms with Gasteiger partial charge in [-0.1, -0.05) is 0 Å². The van der Waals surface area contributed by atoms with Gasteiger partial charge in [-0.25, -0.2) is 0 Å². The third kappa shape index (κ3) is 5.85. The smallest absolute Gasteiger partial charge is 0.306 e. The summed E-state index contributed by atoms with van der Waals surface area (Å²) in [7, 11) is 5.04. The van der Waals surface area contributed by atoms with Crippen molar-refractivity contribution in [3.8, 4) is 34.5 Å². The van der Waals surface area contributed by atoms with Gasteiger partial charge in [0.05, 0.1) is 52.4 Å². The Kier molecular flexibility index (Phi) is 9.26. The highest BCUT2D eigenvalue weighted by molar-refractivity contribution is 6.24. The minimum absolute atomic E-state index is 0.211. The average molecular weight is 641 g/mol. The van der Waals surface area contributed by atoms with Crippen LogP contribution in [0.1, 0.15) is 35.8 Å². The maximum Gasteiger partial charge on any atom is 0.306 e. The van der Waals surface area contributed by atoms with Crippen LogP contribution < -0.4 is 28.4 Å². The van der Waals surface area contributed by atoms with Crippen LogP contribution in [-0.4, -0.2) is 88.6 Å². The monoisotopic (exact) mass is 640 g/mol. The predicted octanol–water partition coefficient (Wildman–Crippen LogP) is 3.02. The zero-order valence-electron chi connectivity index (χ0n) is 25.5. The van der Waals surface area contributed by atoms with E-state index in [1.165, 1.54) is 38.5 Å². The van der Waals surface area contributed by atoms with Crippen LogP contribution in [0.25, 0.3) is 0 Å². The van der Waals surface area contributed by atoms with Crippen molar-refractivity contribution in [2.75, 3.05) is 54.9 Å². The molecule has 46 heavy (non-hydrogen) atoms. The van der Waals surface area contributed by atoms with Gasteiger partial charge >= 0.3 is 11.9 Å². The first-order chi connectivity index (χ1) is 22.1. The van der Waals surface area contributed by atoms with E-state index in [0.29, 0.717) is 11.5 Å². The Balaban J connectivity index is 1.64. The zero-order valence-corrected chi connectivity index (χ0v) is 25.5. The van der Waals surface area contributed by atoms with E-state index in [4.69, 9.17) is 37.9 Å². The van der Waals surface area contributed by atoms with E-state index >= 15 is 0 Å². The SMILES string of the molecule is COC(=O)C[C@H](C1=C(O)C(=O)C([C@H](CC(=O)OC)c2cc(OC)c3c(c2)OCCO3)=C(O)C1=O)c1cc(OC)c2c(c1)OCCO2. The van der Waals surface area contributed by atoms with E-state index in [9.17, 15) is 29.4 Å². The molecule has 0 unspecified atom stereocenters. The fourth-order valence-electron chi connectivity index (χ4n) is 5.62. The molecule has 2 heterocycles. The van der Waals surface area contributed by atoms with Gasteiger partial charge < -0.3 is 48.1 Å². The lowest BCUT2D eigenvalue weighted by Crippen LogP contribution is -2.31. The molecule has 0 radical (unpaired) electrons. The molecular formula is C32H32O14. The number of fused-ring (bicyclic) bond motifs is 2. The molecule has 0 fully saturated rings. The number of Topliss-reactive ketones (excluding diaryl/α,β-unsaturated/α-hetero) is 2. The summed E-state index contributed by atoms with van der Waals surface area (Å²) < 4.78 is 43.2. The third-order valence-electron chi connectivity index (χ3n) is 7.83. The van der Waals surface area contributed by atoms with Gasteiger partial charge in [-0.3, -0.25) is 19.2 Å². The van der Waals surface area contributed by atoms with Crippen LogP contribution in [0.15, 0.2) is 46.9 Å². The number of ketones is 2. The normalized spacial score (nSPS) is 16.9. The molecule has 0 bridgehead atoms. The summed E-state index contributed by atoms with van der Waals surface area (Å²) in [5.74, 6) is -6.99. The number of rotatable bonds is 10. The number of benzene rings is 2. The zero-order chi connectivity index (χ0) is 33.1. The van der Waals surface area contributed by atoms with Gasteiger partial charge in [0.15, 0.2) is 34.5 Å². The molecule has 2 aromatic rings. The maximum absolute atomic E-state index is 14.0. The van der Waals surface area contributed by atoms with E-state index in [2.05, 4.69) is 0 Å². The van der Waals surface area contributed by atoms with Crippen LogP contribution in [0.4, 0.5) is 0 Å². The fraction of sp³-hybridized carbons (Fsp3) is 0.375. The highest BCUT2D eigenvalue weighted by Crippen LogP contribution is 2.48. The maximum atomic E-state index is 14.0. The molecule has 2 N–H and O–H groups in total. The summed E-state index contributed by atoms with van der Waals surface area (Å²) in [6.45, 7) is 0.949. The van der Waals surface area contributed by atoms with Crippen molar-refractivity contribution >= 4 is 23.5 Å². The molecule has 14 nitrogen and oxygen atoms in total. The Bertz CT molecular complexity index is 1500. The summed E-state index contributed by atoms with van der Waals surface area (Å²) in [6, 6.07) is 5.91. The van der Waals surface area contributed by atoms with E-state index in [-0.39, 0.29) is 60.6 Å². The molecule has 2 aromatic carbocycles. The van der Waals surface area contributed by atoms with Crippen molar-refractivity contribution < 1.29 is 67.3 Å². The minimum atomic E-state index is -1.30. The number of aliphatic hydroxyl groups excluding tert-OH is 2. The van der Waals surface area contributed by atoms with Crippen molar-refractivity contribution in [1.29, 1.82) is 0 Å². The molecule has 0 saturated heterocycles. The first-order valence-corrected chi connectivity index (χ1v) is 14.2. The van der Waals surface area contributed by atoms with Crippen molar-refractivity contribution in [3.05, 3.63) is 58.1 Å². The lowest BCUT2D eigenvalue weighted by atomic mass is 9.75. The number of aliphatic hydroxyl groups is 2. The molecule has 5 rings (SSSR count). The first kappa shape index (κ1) is 32.0. The number of esters is 2. The van der Waals surface area contributed by atoms with Crippen molar-refractivity contribution in [2.24, 2.45) is 0 Å². The van der Waals surface area contributed by atoms with Gasteiger partial charge in [0.25, 0.3) is 0 Å². The van der Waals surface area contributed by atoms with Crippen LogP contribution in [0, 0.1) is 0 Å². The van der Waals surface area contributed by atoms with Gasteiger partial charge in [0.2, 0.25) is 23.1 Å². The number of carbonyl (C=O) groups excluding carboxylic acids is 4. The average Bonchev–Trinajstić information content (AvgIpc) is 3.08. The summed E-state index contributed by atoms with van der Waals surface area (Å²) in [5, 5.41) is 22.8. The second-order valence-corrected chi connectivity index (χ2v) is 10.3. The molecule has 3 aliphatic rings. The third-order valence-corrected chi connectivity index (χ3v) is 7.83. The summed E-state index contributed by atoms with van der Waals surface area (Å²) in [4.78, 5) is 53.1. The minimum Gasteiger partial charge on any atom is -0.504 e.